The van der Waals surface area contributed by atoms with Crippen LogP contribution in [0.15, 0.2) is 16.7 Å². The van der Waals surface area contributed by atoms with Gasteiger partial charge < -0.3 is 4.98 Å². The summed E-state index contributed by atoms with van der Waals surface area (Å²) in [5.74, 6) is 0. The molecular weight excluding hydrogens is 240 g/mol. The summed E-state index contributed by atoms with van der Waals surface area (Å²) in [5.41, 5.74) is 3.43. The Balaban J connectivity index is 0.000000461. The normalized spacial score (nSPS) is 9.79. The third-order valence-corrected chi connectivity index (χ3v) is 2.56. The summed E-state index contributed by atoms with van der Waals surface area (Å²) in [7, 11) is 0. The van der Waals surface area contributed by atoms with Gasteiger partial charge in [-0.25, -0.2) is 4.98 Å². The van der Waals surface area contributed by atoms with Crippen molar-refractivity contribution in [3.05, 3.63) is 28.0 Å². The van der Waals surface area contributed by atoms with E-state index in [0.717, 1.165) is 10.1 Å². The Morgan fingerprint density at radius 2 is 1.93 bits per heavy atom. The van der Waals surface area contributed by atoms with Crippen molar-refractivity contribution in [2.45, 2.75) is 27.7 Å². The van der Waals surface area contributed by atoms with Crippen molar-refractivity contribution in [3.8, 4) is 0 Å². The third kappa shape index (κ3) is 1.98. The van der Waals surface area contributed by atoms with E-state index in [-0.39, 0.29) is 0 Å². The quantitative estimate of drug-likeness (QED) is 0.758. The maximum atomic E-state index is 4.26. The molecule has 0 amide bonds. The van der Waals surface area contributed by atoms with Gasteiger partial charge in [-0.15, -0.1) is 0 Å². The first-order valence-electron chi connectivity index (χ1n) is 4.79. The molecule has 0 bridgehead atoms. The number of H-pyrrole nitrogens is 1. The zero-order valence-corrected chi connectivity index (χ0v) is 10.6. The Morgan fingerprint density at radius 3 is 2.57 bits per heavy atom. The average molecular weight is 255 g/mol. The van der Waals surface area contributed by atoms with Crippen LogP contribution < -0.4 is 0 Å². The van der Waals surface area contributed by atoms with Gasteiger partial charge in [0.25, 0.3) is 0 Å². The first-order chi connectivity index (χ1) is 6.68. The predicted octanol–water partition coefficient (Wildman–Crippen LogP) is 3.97. The summed E-state index contributed by atoms with van der Waals surface area (Å²) < 4.78 is 1.03. The Morgan fingerprint density at radius 1 is 1.29 bits per heavy atom. The van der Waals surface area contributed by atoms with Gasteiger partial charge in [-0.2, -0.15) is 0 Å². The van der Waals surface area contributed by atoms with Gasteiger partial charge in [0.2, 0.25) is 0 Å². The van der Waals surface area contributed by atoms with Crippen molar-refractivity contribution < 1.29 is 0 Å². The van der Waals surface area contributed by atoms with E-state index >= 15 is 0 Å². The zero-order valence-electron chi connectivity index (χ0n) is 8.98. The lowest BCUT2D eigenvalue weighted by Gasteiger charge is -1.91. The minimum atomic E-state index is 0.966. The Labute approximate surface area is 92.9 Å². The molecule has 1 N–H and O–H groups in total. The number of fused-ring (bicyclic) bond motifs is 1. The topological polar surface area (TPSA) is 28.7 Å². The lowest BCUT2D eigenvalue weighted by atomic mass is 10.2. The van der Waals surface area contributed by atoms with Gasteiger partial charge >= 0.3 is 0 Å². The summed E-state index contributed by atoms with van der Waals surface area (Å²) in [4.78, 5) is 7.48. The maximum absolute atomic E-state index is 4.26. The Kier molecular flexibility index (Phi) is 3.69. The van der Waals surface area contributed by atoms with Crippen LogP contribution in [0.3, 0.4) is 0 Å². The standard InChI is InChI=1S/C9H9BrN2.C2H6/c1-5-6(2)12-9-8(5)3-7(10)4-11-9;1-2/h3-4H,1-2H3,(H,11,12);1-2H3. The molecule has 0 radical (unpaired) electrons. The largest absolute Gasteiger partial charge is 0.343 e. The number of aryl methyl sites for hydroxylation is 2. The fourth-order valence-electron chi connectivity index (χ4n) is 1.30. The molecule has 2 rings (SSSR count). The number of hydrogen-bond acceptors (Lipinski definition) is 1. The highest BCUT2D eigenvalue weighted by Crippen LogP contribution is 2.22. The van der Waals surface area contributed by atoms with E-state index in [1.165, 1.54) is 16.6 Å². The molecule has 3 heteroatoms. The first-order valence-corrected chi connectivity index (χ1v) is 5.58. The molecule has 0 saturated heterocycles. The van der Waals surface area contributed by atoms with Crippen LogP contribution in [0, 0.1) is 13.8 Å². The Bertz CT molecular complexity index is 432. The molecule has 0 saturated carbocycles. The molecule has 0 aliphatic rings. The van der Waals surface area contributed by atoms with Crippen molar-refractivity contribution in [2.24, 2.45) is 0 Å². The molecule has 0 aliphatic heterocycles. The molecule has 0 atom stereocenters. The first kappa shape index (κ1) is 11.2. The number of pyridine rings is 1. The summed E-state index contributed by atoms with van der Waals surface area (Å²) in [6.07, 6.45) is 1.80. The highest BCUT2D eigenvalue weighted by atomic mass is 79.9. The fourth-order valence-corrected chi connectivity index (χ4v) is 1.63. The van der Waals surface area contributed by atoms with E-state index in [4.69, 9.17) is 0 Å². The van der Waals surface area contributed by atoms with Gasteiger partial charge in [0.1, 0.15) is 5.65 Å². The van der Waals surface area contributed by atoms with Gasteiger partial charge in [0.15, 0.2) is 0 Å². The molecule has 2 heterocycles. The van der Waals surface area contributed by atoms with Gasteiger partial charge in [-0.1, -0.05) is 13.8 Å². The van der Waals surface area contributed by atoms with Gasteiger partial charge in [0.05, 0.1) is 0 Å². The van der Waals surface area contributed by atoms with Gasteiger partial charge in [-0.3, -0.25) is 0 Å². The second kappa shape index (κ2) is 4.60. The highest BCUT2D eigenvalue weighted by Gasteiger charge is 2.04. The number of nitrogens with zero attached hydrogens (tertiary/aromatic N) is 1. The molecule has 2 aromatic heterocycles. The molecule has 0 fully saturated rings. The van der Waals surface area contributed by atoms with Crippen LogP contribution in [0.1, 0.15) is 25.1 Å². The molecule has 14 heavy (non-hydrogen) atoms. The number of halogens is 1. The second-order valence-corrected chi connectivity index (χ2v) is 3.84. The molecule has 0 aliphatic carbocycles. The summed E-state index contributed by atoms with van der Waals surface area (Å²) >= 11 is 3.40. The van der Waals surface area contributed by atoms with E-state index in [1.807, 2.05) is 13.8 Å². The highest BCUT2D eigenvalue weighted by molar-refractivity contribution is 9.10. The molecule has 0 aromatic carbocycles. The molecule has 2 aromatic rings. The average Bonchev–Trinajstić information content (AvgIpc) is 2.48. The van der Waals surface area contributed by atoms with Crippen molar-refractivity contribution in [2.75, 3.05) is 0 Å². The molecular formula is C11H15BrN2. The van der Waals surface area contributed by atoms with Crippen LogP contribution >= 0.6 is 15.9 Å². The van der Waals surface area contributed by atoms with Crippen molar-refractivity contribution in [1.29, 1.82) is 0 Å². The lowest BCUT2D eigenvalue weighted by molar-refractivity contribution is 1.22. The number of aromatic nitrogens is 2. The summed E-state index contributed by atoms with van der Waals surface area (Å²) in [5, 5.41) is 1.20. The number of rotatable bonds is 0. The third-order valence-electron chi connectivity index (χ3n) is 2.13. The van der Waals surface area contributed by atoms with Crippen molar-refractivity contribution in [1.82, 2.24) is 9.97 Å². The van der Waals surface area contributed by atoms with Crippen molar-refractivity contribution >= 4 is 27.0 Å². The summed E-state index contributed by atoms with van der Waals surface area (Å²) in [6, 6.07) is 2.08. The minimum absolute atomic E-state index is 0.966. The number of nitrogens with one attached hydrogen (secondary N) is 1. The SMILES string of the molecule is CC.Cc1[nH]c2ncc(Br)cc2c1C. The summed E-state index contributed by atoms with van der Waals surface area (Å²) in [6.45, 7) is 8.16. The van der Waals surface area contributed by atoms with E-state index in [1.54, 1.807) is 6.20 Å². The van der Waals surface area contributed by atoms with Crippen LogP contribution in [0.5, 0.6) is 0 Å². The second-order valence-electron chi connectivity index (χ2n) is 2.92. The van der Waals surface area contributed by atoms with E-state index < -0.39 is 0 Å². The molecule has 0 unspecified atom stereocenters. The number of aromatic amines is 1. The van der Waals surface area contributed by atoms with E-state index in [0.29, 0.717) is 0 Å². The molecule has 76 valence electrons. The van der Waals surface area contributed by atoms with Crippen molar-refractivity contribution in [3.63, 3.8) is 0 Å². The Hall–Kier alpha value is -0.830. The van der Waals surface area contributed by atoms with Crippen LogP contribution in [-0.2, 0) is 0 Å². The van der Waals surface area contributed by atoms with Crippen LogP contribution in [-0.4, -0.2) is 9.97 Å². The van der Waals surface area contributed by atoms with E-state index in [2.05, 4.69) is 45.8 Å². The number of hydrogen-bond donors (Lipinski definition) is 1. The molecule has 2 nitrogen and oxygen atoms in total. The fraction of sp³-hybridized carbons (Fsp3) is 0.364. The van der Waals surface area contributed by atoms with Crippen LogP contribution in [0.25, 0.3) is 11.0 Å². The lowest BCUT2D eigenvalue weighted by Crippen LogP contribution is -1.75. The zero-order chi connectivity index (χ0) is 10.7. The monoisotopic (exact) mass is 254 g/mol. The molecule has 0 spiro atoms. The predicted molar refractivity (Wildman–Crippen MR) is 64.6 cm³/mol. The van der Waals surface area contributed by atoms with Gasteiger partial charge in [-0.05, 0) is 41.4 Å². The van der Waals surface area contributed by atoms with E-state index in [9.17, 15) is 0 Å². The maximum Gasteiger partial charge on any atom is 0.137 e. The van der Waals surface area contributed by atoms with Crippen LogP contribution in [0.4, 0.5) is 0 Å². The minimum Gasteiger partial charge on any atom is -0.343 e. The smallest absolute Gasteiger partial charge is 0.137 e. The van der Waals surface area contributed by atoms with Gasteiger partial charge in [0, 0.05) is 21.7 Å². The van der Waals surface area contributed by atoms with Crippen LogP contribution in [0.2, 0.25) is 0 Å².